The first kappa shape index (κ1) is 13.9. The molecule has 0 aliphatic heterocycles. The Morgan fingerprint density at radius 3 is 2.06 bits per heavy atom. The molecule has 0 saturated carbocycles. The monoisotopic (exact) mass is 226 g/mol. The summed E-state index contributed by atoms with van der Waals surface area (Å²) in [5, 5.41) is 16.9. The third-order valence-corrected chi connectivity index (χ3v) is 1.66. The average molecular weight is 226 g/mol. The van der Waals surface area contributed by atoms with Crippen molar-refractivity contribution in [1.29, 1.82) is 0 Å². The summed E-state index contributed by atoms with van der Waals surface area (Å²) in [4.78, 5) is 19.6. The molecule has 16 heavy (non-hydrogen) atoms. The molecule has 0 aromatic heterocycles. The van der Waals surface area contributed by atoms with Gasteiger partial charge in [0.1, 0.15) is 0 Å². The van der Waals surface area contributed by atoms with Gasteiger partial charge in [-0.05, 0) is 18.9 Å². The summed E-state index contributed by atoms with van der Waals surface area (Å²) in [5.41, 5.74) is 1.32. The summed E-state index contributed by atoms with van der Waals surface area (Å²) in [5.74, 6) is 0. The van der Waals surface area contributed by atoms with E-state index in [1.54, 1.807) is 0 Å². The largest absolute Gasteiger partial charge is 0.465 e. The number of carbonyl (C=O) groups is 1. The van der Waals surface area contributed by atoms with Crippen LogP contribution in [0.1, 0.15) is 12.5 Å². The zero-order chi connectivity index (χ0) is 12.6. The summed E-state index contributed by atoms with van der Waals surface area (Å²) in [6.45, 7) is 3.33. The molecule has 1 amide bonds. The Labute approximate surface area is 93.2 Å². The van der Waals surface area contributed by atoms with E-state index in [9.17, 15) is 14.9 Å². The van der Waals surface area contributed by atoms with Gasteiger partial charge in [-0.3, -0.25) is 0 Å². The highest BCUT2D eigenvalue weighted by Crippen LogP contribution is 1.92. The fourth-order valence-electron chi connectivity index (χ4n) is 0.855. The Balaban J connectivity index is 0.000000288. The molecule has 0 radical (unpaired) electrons. The first-order valence-corrected chi connectivity index (χ1v) is 4.65. The van der Waals surface area contributed by atoms with Crippen LogP contribution in [-0.4, -0.2) is 27.8 Å². The molecule has 1 aromatic carbocycles. The van der Waals surface area contributed by atoms with Gasteiger partial charge in [-0.15, -0.1) is 0 Å². The van der Waals surface area contributed by atoms with E-state index in [0.717, 1.165) is 0 Å². The van der Waals surface area contributed by atoms with Crippen molar-refractivity contribution < 1.29 is 14.9 Å². The standard InChI is InChI=1S/C7H8.C3H6N2O4/c1-7-5-3-2-4-6-7;1-2-4(3(6)7)5(8)9/h2-6H,1H3;2H2,1H3,(H,6,7). The van der Waals surface area contributed by atoms with Gasteiger partial charge in [0.15, 0.2) is 5.03 Å². The van der Waals surface area contributed by atoms with Crippen molar-refractivity contribution in [2.75, 3.05) is 6.54 Å². The predicted molar refractivity (Wildman–Crippen MR) is 58.6 cm³/mol. The van der Waals surface area contributed by atoms with E-state index in [-0.39, 0.29) is 11.6 Å². The molecule has 1 N–H and O–H groups in total. The molecule has 1 rings (SSSR count). The molecule has 0 spiro atoms. The predicted octanol–water partition coefficient (Wildman–Crippen LogP) is 2.17. The first-order valence-electron chi connectivity index (χ1n) is 4.65. The molecule has 6 nitrogen and oxygen atoms in total. The lowest BCUT2D eigenvalue weighted by atomic mass is 10.2. The third-order valence-electron chi connectivity index (χ3n) is 1.66. The van der Waals surface area contributed by atoms with E-state index in [2.05, 4.69) is 19.1 Å². The van der Waals surface area contributed by atoms with Gasteiger partial charge in [0, 0.05) is 0 Å². The molecule has 0 aliphatic rings. The third kappa shape index (κ3) is 5.58. The summed E-state index contributed by atoms with van der Waals surface area (Å²) in [6.07, 6.45) is -1.54. The number of hydrogen-bond donors (Lipinski definition) is 1. The number of nitrogens with zero attached hydrogens (tertiary/aromatic N) is 2. The van der Waals surface area contributed by atoms with Crippen LogP contribution in [0.5, 0.6) is 0 Å². The second kappa shape index (κ2) is 7.22. The van der Waals surface area contributed by atoms with Crippen molar-refractivity contribution in [2.24, 2.45) is 0 Å². The second-order valence-corrected chi connectivity index (χ2v) is 2.89. The Kier molecular flexibility index (Phi) is 6.27. The summed E-state index contributed by atoms with van der Waals surface area (Å²) < 4.78 is 0. The lowest BCUT2D eigenvalue weighted by molar-refractivity contribution is -0.634. The lowest BCUT2D eigenvalue weighted by Gasteiger charge is -2.02. The van der Waals surface area contributed by atoms with E-state index in [4.69, 9.17) is 5.11 Å². The Bertz CT molecular complexity index is 326. The summed E-state index contributed by atoms with van der Waals surface area (Å²) >= 11 is 0. The molecule has 0 saturated heterocycles. The van der Waals surface area contributed by atoms with Gasteiger partial charge in [-0.25, -0.2) is 14.9 Å². The Hall–Kier alpha value is -2.11. The van der Waals surface area contributed by atoms with Crippen LogP contribution in [0.4, 0.5) is 4.79 Å². The first-order chi connectivity index (χ1) is 7.49. The van der Waals surface area contributed by atoms with Crippen LogP contribution >= 0.6 is 0 Å². The average Bonchev–Trinajstić information content (AvgIpc) is 2.19. The normalized spacial score (nSPS) is 8.62. The fraction of sp³-hybridized carbons (Fsp3) is 0.300. The number of aryl methyl sites for hydroxylation is 1. The molecule has 0 unspecified atom stereocenters. The number of amides is 1. The van der Waals surface area contributed by atoms with Crippen LogP contribution < -0.4 is 0 Å². The maximum absolute atomic E-state index is 9.86. The maximum Gasteiger partial charge on any atom is 0.465 e. The van der Waals surface area contributed by atoms with Crippen molar-refractivity contribution in [1.82, 2.24) is 5.01 Å². The molecular weight excluding hydrogens is 212 g/mol. The van der Waals surface area contributed by atoms with Gasteiger partial charge in [0.05, 0.1) is 6.54 Å². The van der Waals surface area contributed by atoms with Crippen LogP contribution in [0.3, 0.4) is 0 Å². The zero-order valence-electron chi connectivity index (χ0n) is 9.16. The van der Waals surface area contributed by atoms with Crippen LogP contribution in [0, 0.1) is 17.0 Å². The van der Waals surface area contributed by atoms with Crippen LogP contribution in [0.25, 0.3) is 0 Å². The van der Waals surface area contributed by atoms with Gasteiger partial charge in [-0.1, -0.05) is 35.9 Å². The van der Waals surface area contributed by atoms with E-state index >= 15 is 0 Å². The molecule has 1 aromatic rings. The molecule has 0 atom stereocenters. The second-order valence-electron chi connectivity index (χ2n) is 2.89. The van der Waals surface area contributed by atoms with Gasteiger partial charge in [0.2, 0.25) is 0 Å². The minimum atomic E-state index is -1.54. The van der Waals surface area contributed by atoms with Crippen molar-refractivity contribution >= 4 is 6.09 Å². The summed E-state index contributed by atoms with van der Waals surface area (Å²) in [6, 6.07) is 10.3. The van der Waals surface area contributed by atoms with Crippen molar-refractivity contribution in [2.45, 2.75) is 13.8 Å². The molecule has 0 heterocycles. The van der Waals surface area contributed by atoms with Gasteiger partial charge in [0.25, 0.3) is 0 Å². The molecule has 88 valence electrons. The highest BCUT2D eigenvalue weighted by atomic mass is 16.7. The number of hydrogen-bond acceptors (Lipinski definition) is 3. The highest BCUT2D eigenvalue weighted by Gasteiger charge is 2.19. The quantitative estimate of drug-likeness (QED) is 0.618. The van der Waals surface area contributed by atoms with Crippen molar-refractivity contribution in [3.63, 3.8) is 0 Å². The molecule has 6 heteroatoms. The zero-order valence-corrected chi connectivity index (χ0v) is 9.16. The van der Waals surface area contributed by atoms with Gasteiger partial charge >= 0.3 is 6.09 Å². The van der Waals surface area contributed by atoms with E-state index in [1.807, 2.05) is 18.2 Å². The van der Waals surface area contributed by atoms with E-state index < -0.39 is 11.1 Å². The molecular formula is C10H14N2O4. The fourth-order valence-corrected chi connectivity index (χ4v) is 0.855. The minimum Gasteiger partial charge on any atom is -0.461 e. The maximum atomic E-state index is 9.86. The van der Waals surface area contributed by atoms with Crippen molar-refractivity contribution in [3.05, 3.63) is 46.0 Å². The minimum absolute atomic E-state index is 0.0972. The number of benzene rings is 1. The van der Waals surface area contributed by atoms with E-state index in [0.29, 0.717) is 0 Å². The lowest BCUT2D eigenvalue weighted by Crippen LogP contribution is -2.34. The van der Waals surface area contributed by atoms with Crippen LogP contribution in [0.2, 0.25) is 0 Å². The van der Waals surface area contributed by atoms with Crippen LogP contribution in [-0.2, 0) is 0 Å². The van der Waals surface area contributed by atoms with Crippen LogP contribution in [0.15, 0.2) is 30.3 Å². The highest BCUT2D eigenvalue weighted by molar-refractivity contribution is 5.63. The number of hydrazine groups is 1. The number of rotatable bonds is 2. The molecule has 0 bridgehead atoms. The smallest absolute Gasteiger partial charge is 0.461 e. The van der Waals surface area contributed by atoms with E-state index in [1.165, 1.54) is 12.5 Å². The Morgan fingerprint density at radius 1 is 1.44 bits per heavy atom. The molecule has 0 aliphatic carbocycles. The van der Waals surface area contributed by atoms with Crippen molar-refractivity contribution in [3.8, 4) is 0 Å². The Morgan fingerprint density at radius 2 is 1.94 bits per heavy atom. The van der Waals surface area contributed by atoms with Gasteiger partial charge < -0.3 is 5.11 Å². The number of carboxylic acid groups (broad SMARTS) is 1. The molecule has 0 fully saturated rings. The summed E-state index contributed by atoms with van der Waals surface area (Å²) in [7, 11) is 0. The number of nitro groups is 1. The topological polar surface area (TPSA) is 83.7 Å². The van der Waals surface area contributed by atoms with Gasteiger partial charge in [-0.2, -0.15) is 0 Å². The SMILES string of the molecule is CCN(C(=O)O)[N+](=O)[O-].Cc1ccccc1.